The van der Waals surface area contributed by atoms with Crippen LogP contribution in [0, 0.1) is 5.82 Å². The summed E-state index contributed by atoms with van der Waals surface area (Å²) in [7, 11) is -5.85. The average molecular weight is 436 g/mol. The average Bonchev–Trinajstić information content (AvgIpc) is 3.19. The summed E-state index contributed by atoms with van der Waals surface area (Å²) in [5, 5.41) is 6.46. The van der Waals surface area contributed by atoms with Crippen molar-refractivity contribution in [3.63, 3.8) is 0 Å². The Morgan fingerprint density at radius 3 is 2.45 bits per heavy atom. The number of sulfone groups is 1. The molecule has 2 aromatic carbocycles. The molecule has 0 fully saturated rings. The van der Waals surface area contributed by atoms with Crippen LogP contribution in [0.3, 0.4) is 0 Å². The van der Waals surface area contributed by atoms with E-state index in [1.54, 1.807) is 0 Å². The summed E-state index contributed by atoms with van der Waals surface area (Å²) in [6, 6.07) is 3.76. The third-order valence-corrected chi connectivity index (χ3v) is 6.12. The van der Waals surface area contributed by atoms with Crippen molar-refractivity contribution in [1.29, 1.82) is 0 Å². The number of aromatic amines is 1. The monoisotopic (exact) mass is 436 g/mol. The Bertz CT molecular complexity index is 1230. The predicted molar refractivity (Wildman–Crippen MR) is 88.2 cm³/mol. The van der Waals surface area contributed by atoms with E-state index in [-0.39, 0.29) is 16.9 Å². The number of alkyl halides is 5. The minimum absolute atomic E-state index is 0.176. The number of H-pyrrole nitrogens is 1. The fourth-order valence-corrected chi connectivity index (χ4v) is 4.28. The van der Waals surface area contributed by atoms with Gasteiger partial charge in [0.15, 0.2) is 11.6 Å². The molecule has 1 aliphatic rings. The van der Waals surface area contributed by atoms with Crippen molar-refractivity contribution in [1.82, 2.24) is 10.2 Å². The van der Waals surface area contributed by atoms with Gasteiger partial charge in [0.2, 0.25) is 0 Å². The normalized spacial score (nSPS) is 16.2. The summed E-state index contributed by atoms with van der Waals surface area (Å²) in [5.74, 6) is -5.06. The van der Waals surface area contributed by atoms with Crippen LogP contribution < -0.4 is 4.74 Å². The molecule has 1 N–H and O–H groups in total. The van der Waals surface area contributed by atoms with Gasteiger partial charge < -0.3 is 4.74 Å². The second-order valence-corrected chi connectivity index (χ2v) is 8.40. The summed E-state index contributed by atoms with van der Waals surface area (Å²) < 4.78 is 110. The Morgan fingerprint density at radius 1 is 1.07 bits per heavy atom. The minimum atomic E-state index is -5.85. The topological polar surface area (TPSA) is 72.1 Å². The summed E-state index contributed by atoms with van der Waals surface area (Å²) in [6.45, 7) is 0. The molecule has 4 rings (SSSR count). The molecule has 5 nitrogen and oxygen atoms in total. The van der Waals surface area contributed by atoms with Crippen LogP contribution in [-0.4, -0.2) is 30.0 Å². The van der Waals surface area contributed by atoms with Gasteiger partial charge in [-0.25, -0.2) is 21.6 Å². The van der Waals surface area contributed by atoms with Crippen molar-refractivity contribution >= 4 is 20.7 Å². The zero-order chi connectivity index (χ0) is 21.2. The fraction of sp³-hybridized carbons (Fsp3) is 0.235. The number of nitrogens with zero attached hydrogens (tertiary/aromatic N) is 1. The molecule has 1 heterocycles. The van der Waals surface area contributed by atoms with Crippen LogP contribution >= 0.6 is 0 Å². The molecule has 29 heavy (non-hydrogen) atoms. The molecule has 0 saturated heterocycles. The van der Waals surface area contributed by atoms with E-state index in [1.165, 1.54) is 12.3 Å². The van der Waals surface area contributed by atoms with E-state index >= 15 is 0 Å². The van der Waals surface area contributed by atoms with E-state index < -0.39 is 55.9 Å². The van der Waals surface area contributed by atoms with Crippen LogP contribution in [0.1, 0.15) is 11.1 Å². The second kappa shape index (κ2) is 6.12. The number of hydrogen-bond donors (Lipinski definition) is 1. The van der Waals surface area contributed by atoms with Crippen LogP contribution in [-0.2, 0) is 22.7 Å². The lowest BCUT2D eigenvalue weighted by Crippen LogP contribution is -2.25. The molecule has 0 bridgehead atoms. The van der Waals surface area contributed by atoms with Gasteiger partial charge in [0.25, 0.3) is 15.8 Å². The van der Waals surface area contributed by atoms with Gasteiger partial charge in [-0.05, 0) is 29.8 Å². The van der Waals surface area contributed by atoms with Crippen LogP contribution in [0.25, 0.3) is 10.9 Å². The SMILES string of the molecule is O=S(=O)(c1ccc(Oc2c(F)ccc3[nH]ncc23)c2c1CC(F)(F)C2)C(F)(F)F. The number of hydrogen-bond acceptors (Lipinski definition) is 4. The predicted octanol–water partition coefficient (Wildman–Crippen LogP) is 4.52. The third-order valence-electron chi connectivity index (χ3n) is 4.55. The number of benzene rings is 2. The molecule has 0 saturated carbocycles. The summed E-state index contributed by atoms with van der Waals surface area (Å²) >= 11 is 0. The molecular weight excluding hydrogens is 426 g/mol. The number of rotatable bonds is 3. The molecule has 3 aromatic rings. The molecule has 1 aliphatic carbocycles. The Labute approximate surface area is 159 Å². The van der Waals surface area contributed by atoms with Crippen LogP contribution in [0.4, 0.5) is 26.3 Å². The standard InChI is InChI=1S/C17H10F6N2O3S/c18-11-1-2-12-10(7-24-25-12)15(11)28-13-3-4-14(29(26,27)17(21,22)23)9-6-16(19,20)5-8(9)13/h1-4,7H,5-6H2,(H,24,25). The van der Waals surface area contributed by atoms with E-state index in [0.29, 0.717) is 11.6 Å². The number of aromatic nitrogens is 2. The lowest BCUT2D eigenvalue weighted by Gasteiger charge is -2.15. The maximum Gasteiger partial charge on any atom is 0.501 e. The molecule has 1 aromatic heterocycles. The van der Waals surface area contributed by atoms with Gasteiger partial charge >= 0.3 is 5.51 Å². The molecule has 0 spiro atoms. The van der Waals surface area contributed by atoms with Crippen molar-refractivity contribution < 1.29 is 39.5 Å². The third kappa shape index (κ3) is 3.11. The Kier molecular flexibility index (Phi) is 4.12. The van der Waals surface area contributed by atoms with Crippen molar-refractivity contribution in [2.24, 2.45) is 0 Å². The van der Waals surface area contributed by atoms with E-state index in [9.17, 15) is 34.8 Å². The molecule has 0 aliphatic heterocycles. The van der Waals surface area contributed by atoms with E-state index in [1.807, 2.05) is 0 Å². The first kappa shape index (κ1) is 19.6. The highest BCUT2D eigenvalue weighted by atomic mass is 32.2. The lowest BCUT2D eigenvalue weighted by molar-refractivity contribution is -0.0437. The Morgan fingerprint density at radius 2 is 1.76 bits per heavy atom. The molecule has 0 amide bonds. The number of nitrogens with one attached hydrogen (secondary N) is 1. The zero-order valence-electron chi connectivity index (χ0n) is 14.1. The van der Waals surface area contributed by atoms with Crippen molar-refractivity contribution in [3.8, 4) is 11.5 Å². The van der Waals surface area contributed by atoms with Gasteiger partial charge in [0.1, 0.15) is 5.75 Å². The molecule has 0 radical (unpaired) electrons. The highest BCUT2D eigenvalue weighted by Gasteiger charge is 2.51. The van der Waals surface area contributed by atoms with E-state index in [4.69, 9.17) is 4.74 Å². The maximum absolute atomic E-state index is 14.3. The van der Waals surface area contributed by atoms with Crippen LogP contribution in [0.2, 0.25) is 0 Å². The first-order valence-electron chi connectivity index (χ1n) is 8.04. The van der Waals surface area contributed by atoms with Gasteiger partial charge in [-0.1, -0.05) is 0 Å². The van der Waals surface area contributed by atoms with Crippen LogP contribution in [0.15, 0.2) is 35.4 Å². The molecule has 0 atom stereocenters. The van der Waals surface area contributed by atoms with Crippen molar-refractivity contribution in [3.05, 3.63) is 47.4 Å². The molecular formula is C17H10F6N2O3S. The summed E-state index contributed by atoms with van der Waals surface area (Å²) in [5.41, 5.74) is -6.39. The summed E-state index contributed by atoms with van der Waals surface area (Å²) in [4.78, 5) is -1.26. The zero-order valence-corrected chi connectivity index (χ0v) is 15.0. The highest BCUT2D eigenvalue weighted by Crippen LogP contribution is 2.46. The quantitative estimate of drug-likeness (QED) is 0.613. The van der Waals surface area contributed by atoms with Gasteiger partial charge in [-0.15, -0.1) is 0 Å². The van der Waals surface area contributed by atoms with Gasteiger partial charge in [-0.3, -0.25) is 5.10 Å². The van der Waals surface area contributed by atoms with E-state index in [2.05, 4.69) is 10.2 Å². The minimum Gasteiger partial charge on any atom is -0.453 e. The Hall–Kier alpha value is -2.76. The summed E-state index contributed by atoms with van der Waals surface area (Å²) in [6.07, 6.45) is -1.02. The van der Waals surface area contributed by atoms with Crippen molar-refractivity contribution in [2.45, 2.75) is 29.2 Å². The number of halogens is 6. The first-order chi connectivity index (χ1) is 13.4. The van der Waals surface area contributed by atoms with Gasteiger partial charge in [0.05, 0.1) is 22.0 Å². The van der Waals surface area contributed by atoms with Crippen molar-refractivity contribution in [2.75, 3.05) is 0 Å². The smallest absolute Gasteiger partial charge is 0.453 e. The lowest BCUT2D eigenvalue weighted by atomic mass is 10.1. The molecule has 154 valence electrons. The van der Waals surface area contributed by atoms with E-state index in [0.717, 1.165) is 12.1 Å². The Balaban J connectivity index is 1.88. The second-order valence-electron chi connectivity index (χ2n) is 6.49. The first-order valence-corrected chi connectivity index (χ1v) is 9.52. The molecule has 0 unspecified atom stereocenters. The number of fused-ring (bicyclic) bond motifs is 2. The highest BCUT2D eigenvalue weighted by molar-refractivity contribution is 7.92. The fourth-order valence-electron chi connectivity index (χ4n) is 3.27. The van der Waals surface area contributed by atoms with Gasteiger partial charge in [-0.2, -0.15) is 18.3 Å². The van der Waals surface area contributed by atoms with Crippen LogP contribution in [0.5, 0.6) is 11.5 Å². The number of ether oxygens (including phenoxy) is 1. The largest absolute Gasteiger partial charge is 0.501 e. The maximum atomic E-state index is 14.3. The van der Waals surface area contributed by atoms with Gasteiger partial charge in [0, 0.05) is 18.4 Å². The molecule has 12 heteroatoms.